The van der Waals surface area contributed by atoms with Gasteiger partial charge in [-0.2, -0.15) is 0 Å². The molecule has 9 heteroatoms. The average Bonchev–Trinajstić information content (AvgIpc) is 2.83. The Bertz CT molecular complexity index is 764. The second-order valence-corrected chi connectivity index (χ2v) is 4.58. The Labute approximate surface area is 132 Å². The van der Waals surface area contributed by atoms with E-state index in [1.54, 1.807) is 24.6 Å². The quantitative estimate of drug-likeness (QED) is 0.256. The van der Waals surface area contributed by atoms with Gasteiger partial charge in [0.15, 0.2) is 6.79 Å². The first-order chi connectivity index (χ1) is 11.1. The van der Waals surface area contributed by atoms with E-state index in [-0.39, 0.29) is 19.9 Å². The van der Waals surface area contributed by atoms with Crippen molar-refractivity contribution in [1.82, 2.24) is 9.55 Å². The summed E-state index contributed by atoms with van der Waals surface area (Å²) < 4.78 is 17.0. The van der Waals surface area contributed by atoms with Gasteiger partial charge in [-0.05, 0) is 18.5 Å². The second kappa shape index (κ2) is 7.48. The van der Waals surface area contributed by atoms with Crippen LogP contribution >= 0.6 is 0 Å². The number of carbonyl (C=O) groups excluding carboxylic acids is 1. The van der Waals surface area contributed by atoms with Gasteiger partial charge in [0.1, 0.15) is 11.4 Å². The van der Waals surface area contributed by atoms with Crippen LogP contribution in [0.15, 0.2) is 17.4 Å². The Morgan fingerprint density at radius 2 is 2.30 bits per heavy atom. The SMILES string of the molecule is CCOC(=O)c1c(CN=[N+]=[N-])n(C)c2ncc(OCOC)cc12. The Kier molecular flexibility index (Phi) is 5.40. The predicted octanol–water partition coefficient (Wildman–Crippen LogP) is 2.54. The molecule has 0 aromatic carbocycles. The van der Waals surface area contributed by atoms with Gasteiger partial charge in [-0.3, -0.25) is 0 Å². The lowest BCUT2D eigenvalue weighted by molar-refractivity contribution is 0.0510. The van der Waals surface area contributed by atoms with Gasteiger partial charge in [-0.15, -0.1) is 0 Å². The minimum Gasteiger partial charge on any atom is -0.466 e. The van der Waals surface area contributed by atoms with Crippen LogP contribution < -0.4 is 4.74 Å². The molecule has 2 aromatic rings. The lowest BCUT2D eigenvalue weighted by Crippen LogP contribution is -2.08. The van der Waals surface area contributed by atoms with Crippen molar-refractivity contribution in [2.45, 2.75) is 13.5 Å². The molecule has 0 radical (unpaired) electrons. The van der Waals surface area contributed by atoms with E-state index in [1.165, 1.54) is 13.3 Å². The third-order valence-corrected chi connectivity index (χ3v) is 3.23. The van der Waals surface area contributed by atoms with Crippen LogP contribution in [0.1, 0.15) is 23.0 Å². The molecule has 0 atom stereocenters. The maximum atomic E-state index is 12.3. The third kappa shape index (κ3) is 3.36. The molecule has 23 heavy (non-hydrogen) atoms. The van der Waals surface area contributed by atoms with E-state index in [0.29, 0.717) is 28.0 Å². The summed E-state index contributed by atoms with van der Waals surface area (Å²) in [6, 6.07) is 1.69. The average molecular weight is 319 g/mol. The van der Waals surface area contributed by atoms with Gasteiger partial charge in [0.25, 0.3) is 0 Å². The first-order valence-electron chi connectivity index (χ1n) is 6.91. The lowest BCUT2D eigenvalue weighted by Gasteiger charge is -2.05. The number of nitrogens with zero attached hydrogens (tertiary/aromatic N) is 5. The van der Waals surface area contributed by atoms with Crippen LogP contribution in [0.4, 0.5) is 0 Å². The molecule has 0 fully saturated rings. The molecule has 0 bridgehead atoms. The number of carbonyl (C=O) groups is 1. The molecule has 9 nitrogen and oxygen atoms in total. The summed E-state index contributed by atoms with van der Waals surface area (Å²) in [5, 5.41) is 4.12. The van der Waals surface area contributed by atoms with E-state index in [4.69, 9.17) is 19.7 Å². The summed E-state index contributed by atoms with van der Waals surface area (Å²) in [5.41, 5.74) is 9.98. The number of azide groups is 1. The molecule has 0 saturated carbocycles. The minimum atomic E-state index is -0.494. The molecule has 0 aliphatic heterocycles. The summed E-state index contributed by atoms with van der Waals surface area (Å²) in [4.78, 5) is 19.4. The van der Waals surface area contributed by atoms with Gasteiger partial charge >= 0.3 is 5.97 Å². The van der Waals surface area contributed by atoms with Crippen LogP contribution in [0.5, 0.6) is 5.75 Å². The number of pyridine rings is 1. The zero-order valence-corrected chi connectivity index (χ0v) is 13.1. The van der Waals surface area contributed by atoms with Crippen molar-refractivity contribution in [2.24, 2.45) is 12.2 Å². The Morgan fingerprint density at radius 3 is 2.96 bits per heavy atom. The first-order valence-corrected chi connectivity index (χ1v) is 6.91. The van der Waals surface area contributed by atoms with E-state index >= 15 is 0 Å². The van der Waals surface area contributed by atoms with Crippen molar-refractivity contribution in [1.29, 1.82) is 0 Å². The number of ether oxygens (including phenoxy) is 3. The van der Waals surface area contributed by atoms with E-state index in [1.807, 2.05) is 0 Å². The highest BCUT2D eigenvalue weighted by atomic mass is 16.7. The fourth-order valence-electron chi connectivity index (χ4n) is 2.26. The monoisotopic (exact) mass is 319 g/mol. The van der Waals surface area contributed by atoms with Gasteiger partial charge in [0.2, 0.25) is 0 Å². The Balaban J connectivity index is 2.62. The van der Waals surface area contributed by atoms with Crippen molar-refractivity contribution < 1.29 is 19.0 Å². The Hall–Kier alpha value is -2.77. The van der Waals surface area contributed by atoms with Crippen molar-refractivity contribution >= 4 is 17.0 Å². The number of aryl methyl sites for hydroxylation is 1. The molecular weight excluding hydrogens is 302 g/mol. The van der Waals surface area contributed by atoms with Crippen LogP contribution in [0.2, 0.25) is 0 Å². The van der Waals surface area contributed by atoms with Gasteiger partial charge in [-0.25, -0.2) is 9.78 Å². The fourth-order valence-corrected chi connectivity index (χ4v) is 2.26. The van der Waals surface area contributed by atoms with Crippen LogP contribution in [-0.4, -0.2) is 36.0 Å². The van der Waals surface area contributed by atoms with Crippen molar-refractivity contribution in [2.75, 3.05) is 20.5 Å². The highest BCUT2D eigenvalue weighted by Crippen LogP contribution is 2.28. The number of esters is 1. The van der Waals surface area contributed by atoms with Crippen molar-refractivity contribution in [3.63, 3.8) is 0 Å². The molecule has 0 unspecified atom stereocenters. The molecule has 0 aliphatic rings. The number of fused-ring (bicyclic) bond motifs is 1. The molecule has 0 amide bonds. The van der Waals surface area contributed by atoms with Gasteiger partial charge < -0.3 is 18.8 Å². The van der Waals surface area contributed by atoms with E-state index in [0.717, 1.165) is 0 Å². The number of hydrogen-bond donors (Lipinski definition) is 0. The summed E-state index contributed by atoms with van der Waals surface area (Å²) in [6.07, 6.45) is 1.54. The lowest BCUT2D eigenvalue weighted by atomic mass is 10.1. The van der Waals surface area contributed by atoms with Crippen molar-refractivity contribution in [3.8, 4) is 5.75 Å². The van der Waals surface area contributed by atoms with Gasteiger partial charge in [-0.1, -0.05) is 5.11 Å². The zero-order valence-electron chi connectivity index (χ0n) is 13.1. The van der Waals surface area contributed by atoms with Crippen LogP contribution in [0.25, 0.3) is 21.5 Å². The van der Waals surface area contributed by atoms with Crippen molar-refractivity contribution in [3.05, 3.63) is 34.0 Å². The molecule has 2 aromatic heterocycles. The molecular formula is C14H17N5O4. The topological polar surface area (TPSA) is 111 Å². The number of aromatic nitrogens is 2. The number of methoxy groups -OCH3 is 1. The molecule has 0 spiro atoms. The molecule has 0 saturated heterocycles. The number of rotatable bonds is 7. The van der Waals surface area contributed by atoms with Gasteiger partial charge in [0.05, 0.1) is 24.9 Å². The summed E-state index contributed by atoms with van der Waals surface area (Å²) in [7, 11) is 3.26. The molecule has 0 N–H and O–H groups in total. The summed E-state index contributed by atoms with van der Waals surface area (Å²) >= 11 is 0. The highest BCUT2D eigenvalue weighted by molar-refractivity contribution is 6.05. The fraction of sp³-hybridized carbons (Fsp3) is 0.429. The summed E-state index contributed by atoms with van der Waals surface area (Å²) in [5.74, 6) is -0.0298. The molecule has 2 rings (SSSR count). The normalized spacial score (nSPS) is 10.4. The molecule has 122 valence electrons. The van der Waals surface area contributed by atoms with E-state index < -0.39 is 5.97 Å². The first kappa shape index (κ1) is 16.6. The summed E-state index contributed by atoms with van der Waals surface area (Å²) in [6.45, 7) is 2.05. The largest absolute Gasteiger partial charge is 0.466 e. The third-order valence-electron chi connectivity index (χ3n) is 3.23. The van der Waals surface area contributed by atoms with E-state index in [2.05, 4.69) is 15.0 Å². The standard InChI is InChI=1S/C14H17N5O4/c1-4-22-14(20)12-10-5-9(23-8-21-3)6-16-13(10)19(2)11(12)7-17-18-15/h5-6H,4,7-8H2,1-3H3. The maximum Gasteiger partial charge on any atom is 0.340 e. The zero-order chi connectivity index (χ0) is 16.8. The molecule has 0 aliphatic carbocycles. The van der Waals surface area contributed by atoms with Crippen LogP contribution in [-0.2, 0) is 23.1 Å². The Morgan fingerprint density at radius 1 is 1.52 bits per heavy atom. The second-order valence-electron chi connectivity index (χ2n) is 4.58. The number of hydrogen-bond acceptors (Lipinski definition) is 6. The smallest absolute Gasteiger partial charge is 0.340 e. The van der Waals surface area contributed by atoms with Gasteiger partial charge in [0, 0.05) is 30.1 Å². The maximum absolute atomic E-state index is 12.3. The molecule has 2 heterocycles. The highest BCUT2D eigenvalue weighted by Gasteiger charge is 2.23. The predicted molar refractivity (Wildman–Crippen MR) is 82.0 cm³/mol. The van der Waals surface area contributed by atoms with Crippen LogP contribution in [0.3, 0.4) is 0 Å². The minimum absolute atomic E-state index is 0.0196. The van der Waals surface area contributed by atoms with E-state index in [9.17, 15) is 4.79 Å². The van der Waals surface area contributed by atoms with Crippen LogP contribution in [0, 0.1) is 0 Å².